The van der Waals surface area contributed by atoms with Crippen molar-refractivity contribution in [1.82, 2.24) is 10.2 Å². The zero-order valence-electron chi connectivity index (χ0n) is 8.32. The Labute approximate surface area is 83.1 Å². The van der Waals surface area contributed by atoms with Crippen LogP contribution in [0.2, 0.25) is 0 Å². The molecule has 0 aromatic carbocycles. The van der Waals surface area contributed by atoms with Crippen molar-refractivity contribution in [1.29, 1.82) is 0 Å². The predicted octanol–water partition coefficient (Wildman–Crippen LogP) is 0.655. The van der Waals surface area contributed by atoms with E-state index in [-0.39, 0.29) is 6.03 Å². The molecule has 1 aliphatic heterocycles. The Morgan fingerprint density at radius 1 is 1.71 bits per heavy atom. The Morgan fingerprint density at radius 3 is 2.86 bits per heavy atom. The van der Waals surface area contributed by atoms with Crippen LogP contribution in [0, 0.1) is 0 Å². The van der Waals surface area contributed by atoms with Gasteiger partial charge in [-0.2, -0.15) is 0 Å². The van der Waals surface area contributed by atoms with E-state index < -0.39 is 12.0 Å². The number of nitrogens with zero attached hydrogens (tertiary/aromatic N) is 1. The van der Waals surface area contributed by atoms with Crippen molar-refractivity contribution in [2.24, 2.45) is 0 Å². The third-order valence-electron chi connectivity index (χ3n) is 2.38. The van der Waals surface area contributed by atoms with Crippen molar-refractivity contribution in [2.75, 3.05) is 13.1 Å². The number of carboxylic acid groups (broad SMARTS) is 1. The topological polar surface area (TPSA) is 69.6 Å². The van der Waals surface area contributed by atoms with Crippen LogP contribution < -0.4 is 5.32 Å². The van der Waals surface area contributed by atoms with Crippen LogP contribution in [0.4, 0.5) is 4.79 Å². The van der Waals surface area contributed by atoms with Crippen molar-refractivity contribution < 1.29 is 14.7 Å². The lowest BCUT2D eigenvalue weighted by Crippen LogP contribution is -2.43. The smallest absolute Gasteiger partial charge is 0.326 e. The molecule has 0 aromatic rings. The summed E-state index contributed by atoms with van der Waals surface area (Å²) >= 11 is 0. The number of carbonyl (C=O) groups is 2. The van der Waals surface area contributed by atoms with Crippen LogP contribution in [-0.4, -0.2) is 41.1 Å². The Morgan fingerprint density at radius 2 is 2.43 bits per heavy atom. The average molecular weight is 200 g/mol. The first kappa shape index (κ1) is 10.8. The molecule has 0 saturated carbocycles. The van der Waals surface area contributed by atoms with Crippen LogP contribution in [0.15, 0.2) is 0 Å². The molecule has 1 atom stereocenters. The van der Waals surface area contributed by atoms with Gasteiger partial charge in [-0.25, -0.2) is 9.59 Å². The molecule has 1 heterocycles. The van der Waals surface area contributed by atoms with Crippen molar-refractivity contribution >= 4 is 12.0 Å². The Hall–Kier alpha value is -1.26. The molecule has 14 heavy (non-hydrogen) atoms. The summed E-state index contributed by atoms with van der Waals surface area (Å²) in [6, 6.07) is -0.911. The van der Waals surface area contributed by atoms with Gasteiger partial charge in [0.1, 0.15) is 6.04 Å². The molecule has 1 saturated heterocycles. The molecule has 1 rings (SSSR count). The van der Waals surface area contributed by atoms with Gasteiger partial charge in [-0.05, 0) is 6.42 Å². The van der Waals surface area contributed by atoms with Crippen LogP contribution in [-0.2, 0) is 4.79 Å². The second-order valence-electron chi connectivity index (χ2n) is 3.42. The molecular formula is C9H16N2O3. The first-order chi connectivity index (χ1) is 6.66. The SMILES string of the molecule is CCCCC(C(=O)O)N1CCNC1=O. The summed E-state index contributed by atoms with van der Waals surface area (Å²) in [5, 5.41) is 11.6. The molecule has 80 valence electrons. The molecule has 2 amide bonds. The van der Waals surface area contributed by atoms with Gasteiger partial charge in [0, 0.05) is 13.1 Å². The molecule has 0 aliphatic carbocycles. The average Bonchev–Trinajstić information content (AvgIpc) is 2.52. The van der Waals surface area contributed by atoms with Crippen molar-refractivity contribution in [3.05, 3.63) is 0 Å². The van der Waals surface area contributed by atoms with Gasteiger partial charge in [-0.15, -0.1) is 0 Å². The molecule has 0 spiro atoms. The molecule has 5 nitrogen and oxygen atoms in total. The minimum absolute atomic E-state index is 0.256. The number of aliphatic carboxylic acids is 1. The van der Waals surface area contributed by atoms with Crippen molar-refractivity contribution in [3.63, 3.8) is 0 Å². The molecule has 0 radical (unpaired) electrons. The lowest BCUT2D eigenvalue weighted by Gasteiger charge is -2.22. The van der Waals surface area contributed by atoms with Gasteiger partial charge < -0.3 is 15.3 Å². The first-order valence-corrected chi connectivity index (χ1v) is 4.94. The Bertz CT molecular complexity index is 230. The number of carboxylic acids is 1. The highest BCUT2D eigenvalue weighted by molar-refractivity contribution is 5.83. The zero-order valence-corrected chi connectivity index (χ0v) is 8.32. The van der Waals surface area contributed by atoms with Gasteiger partial charge in [0.15, 0.2) is 0 Å². The van der Waals surface area contributed by atoms with Crippen LogP contribution in [0.1, 0.15) is 26.2 Å². The summed E-state index contributed by atoms with van der Waals surface area (Å²) in [5.41, 5.74) is 0. The van der Waals surface area contributed by atoms with E-state index in [1.54, 1.807) is 0 Å². The summed E-state index contributed by atoms with van der Waals surface area (Å²) in [5.74, 6) is -0.907. The number of hydrogen-bond acceptors (Lipinski definition) is 2. The second kappa shape index (κ2) is 4.83. The van der Waals surface area contributed by atoms with Crippen molar-refractivity contribution in [2.45, 2.75) is 32.2 Å². The number of carbonyl (C=O) groups excluding carboxylic acids is 1. The van der Waals surface area contributed by atoms with Crippen LogP contribution in [0.5, 0.6) is 0 Å². The quantitative estimate of drug-likeness (QED) is 0.684. The normalized spacial score (nSPS) is 18.1. The Balaban J connectivity index is 2.57. The van der Waals surface area contributed by atoms with Gasteiger partial charge in [0.05, 0.1) is 0 Å². The third kappa shape index (κ3) is 2.37. The van der Waals surface area contributed by atoms with E-state index in [4.69, 9.17) is 5.11 Å². The lowest BCUT2D eigenvalue weighted by atomic mass is 10.1. The van der Waals surface area contributed by atoms with E-state index in [2.05, 4.69) is 5.32 Å². The minimum atomic E-state index is -0.907. The highest BCUT2D eigenvalue weighted by atomic mass is 16.4. The maximum absolute atomic E-state index is 11.2. The third-order valence-corrected chi connectivity index (χ3v) is 2.38. The van der Waals surface area contributed by atoms with E-state index in [0.29, 0.717) is 19.5 Å². The fourth-order valence-corrected chi connectivity index (χ4v) is 1.59. The first-order valence-electron chi connectivity index (χ1n) is 4.94. The van der Waals surface area contributed by atoms with E-state index >= 15 is 0 Å². The summed E-state index contributed by atoms with van der Waals surface area (Å²) in [4.78, 5) is 23.6. The number of amides is 2. The molecule has 0 bridgehead atoms. The van der Waals surface area contributed by atoms with E-state index in [1.165, 1.54) is 4.90 Å². The van der Waals surface area contributed by atoms with Gasteiger partial charge in [0.25, 0.3) is 0 Å². The van der Waals surface area contributed by atoms with Crippen molar-refractivity contribution in [3.8, 4) is 0 Å². The summed E-state index contributed by atoms with van der Waals surface area (Å²) in [7, 11) is 0. The zero-order chi connectivity index (χ0) is 10.6. The molecule has 0 aromatic heterocycles. The standard InChI is InChI=1S/C9H16N2O3/c1-2-3-4-7(8(12)13)11-6-5-10-9(11)14/h7H,2-6H2,1H3,(H,10,14)(H,12,13). The fourth-order valence-electron chi connectivity index (χ4n) is 1.59. The van der Waals surface area contributed by atoms with Gasteiger partial charge >= 0.3 is 12.0 Å². The molecule has 1 aliphatic rings. The number of hydrogen-bond donors (Lipinski definition) is 2. The predicted molar refractivity (Wildman–Crippen MR) is 51.1 cm³/mol. The molecule has 2 N–H and O–H groups in total. The van der Waals surface area contributed by atoms with E-state index in [1.807, 2.05) is 6.92 Å². The highest BCUT2D eigenvalue weighted by Crippen LogP contribution is 2.11. The minimum Gasteiger partial charge on any atom is -0.480 e. The van der Waals surface area contributed by atoms with E-state index in [9.17, 15) is 9.59 Å². The largest absolute Gasteiger partial charge is 0.480 e. The lowest BCUT2D eigenvalue weighted by molar-refractivity contribution is -0.142. The number of urea groups is 1. The van der Waals surface area contributed by atoms with Gasteiger partial charge in [-0.3, -0.25) is 0 Å². The molecule has 1 unspecified atom stereocenters. The molecule has 1 fully saturated rings. The van der Waals surface area contributed by atoms with Gasteiger partial charge in [0.2, 0.25) is 0 Å². The maximum Gasteiger partial charge on any atom is 0.326 e. The number of unbranched alkanes of at least 4 members (excludes halogenated alkanes) is 1. The van der Waals surface area contributed by atoms with Gasteiger partial charge in [-0.1, -0.05) is 19.8 Å². The monoisotopic (exact) mass is 200 g/mol. The van der Waals surface area contributed by atoms with E-state index in [0.717, 1.165) is 12.8 Å². The highest BCUT2D eigenvalue weighted by Gasteiger charge is 2.31. The fraction of sp³-hybridized carbons (Fsp3) is 0.778. The van der Waals surface area contributed by atoms with Crippen LogP contribution in [0.25, 0.3) is 0 Å². The molecule has 5 heteroatoms. The summed E-state index contributed by atoms with van der Waals surface area (Å²) < 4.78 is 0. The molecular weight excluding hydrogens is 184 g/mol. The second-order valence-corrected chi connectivity index (χ2v) is 3.42. The summed E-state index contributed by atoms with van der Waals surface area (Å²) in [6.45, 7) is 3.05. The Kier molecular flexibility index (Phi) is 3.73. The maximum atomic E-state index is 11.2. The number of nitrogens with one attached hydrogen (secondary N) is 1. The van der Waals surface area contributed by atoms with Crippen LogP contribution in [0.3, 0.4) is 0 Å². The summed E-state index contributed by atoms with van der Waals surface area (Å²) in [6.07, 6.45) is 2.32. The van der Waals surface area contributed by atoms with Crippen LogP contribution >= 0.6 is 0 Å². The number of rotatable bonds is 5.